The fourth-order valence-electron chi connectivity index (χ4n) is 1.52. The van der Waals surface area contributed by atoms with Gasteiger partial charge in [-0.1, -0.05) is 30.3 Å². The number of amides is 1. The first-order valence-corrected chi connectivity index (χ1v) is 6.14. The number of rotatable bonds is 4. The molecule has 1 N–H and O–H groups in total. The Morgan fingerprint density at radius 2 is 2.11 bits per heavy atom. The Labute approximate surface area is 110 Å². The molecule has 0 aliphatic heterocycles. The van der Waals surface area contributed by atoms with E-state index < -0.39 is 0 Å². The van der Waals surface area contributed by atoms with Crippen molar-refractivity contribution < 1.29 is 4.79 Å². The average molecular weight is 265 g/mol. The zero-order valence-electron chi connectivity index (χ0n) is 9.93. The molecule has 0 saturated carbocycles. The molecule has 2 aromatic rings. The molecule has 1 amide bonds. The number of halogens is 1. The van der Waals surface area contributed by atoms with E-state index in [4.69, 9.17) is 11.6 Å². The number of carbonyl (C=O) groups is 1. The molecule has 94 valence electrons. The molecule has 0 atom stereocenters. The van der Waals surface area contributed by atoms with Gasteiger partial charge in [-0.05, 0) is 6.92 Å². The number of anilines is 1. The van der Waals surface area contributed by atoms with Crippen LogP contribution in [0.3, 0.4) is 0 Å². The highest BCUT2D eigenvalue weighted by Crippen LogP contribution is 2.17. The molecule has 0 saturated heterocycles. The summed E-state index contributed by atoms with van der Waals surface area (Å²) in [5, 5.41) is 6.95. The van der Waals surface area contributed by atoms with Gasteiger partial charge in [-0.15, -0.1) is 16.7 Å². The van der Waals surface area contributed by atoms with Crippen LogP contribution in [0.5, 0.6) is 0 Å². The van der Waals surface area contributed by atoms with E-state index in [1.165, 1.54) is 0 Å². The zero-order chi connectivity index (χ0) is 13.0. The molecule has 0 spiro atoms. The molecule has 0 bridgehead atoms. The van der Waals surface area contributed by atoms with Crippen LogP contribution in [0.1, 0.15) is 6.92 Å². The first-order valence-electron chi connectivity index (χ1n) is 5.60. The monoisotopic (exact) mass is 264 g/mol. The van der Waals surface area contributed by atoms with Gasteiger partial charge in [0.2, 0.25) is 11.9 Å². The molecule has 0 unspecified atom stereocenters. The Balaban J connectivity index is 2.32. The first kappa shape index (κ1) is 12.6. The summed E-state index contributed by atoms with van der Waals surface area (Å²) in [7, 11) is 0. The molecule has 6 heteroatoms. The van der Waals surface area contributed by atoms with Crippen molar-refractivity contribution in [2.45, 2.75) is 13.5 Å². The lowest BCUT2D eigenvalue weighted by atomic mass is 10.2. The van der Waals surface area contributed by atoms with Gasteiger partial charge in [-0.3, -0.25) is 10.1 Å². The predicted octanol–water partition coefficient (Wildman–Crippen LogP) is 2.14. The van der Waals surface area contributed by atoms with Gasteiger partial charge in [0.1, 0.15) is 5.88 Å². The lowest BCUT2D eigenvalue weighted by Crippen LogP contribution is -2.16. The van der Waals surface area contributed by atoms with Crippen molar-refractivity contribution in [3.8, 4) is 11.4 Å². The average Bonchev–Trinajstić information content (AvgIpc) is 2.82. The van der Waals surface area contributed by atoms with Crippen molar-refractivity contribution in [3.05, 3.63) is 30.3 Å². The summed E-state index contributed by atoms with van der Waals surface area (Å²) in [6.07, 6.45) is 0. The van der Waals surface area contributed by atoms with E-state index in [2.05, 4.69) is 15.4 Å². The molecule has 5 nitrogen and oxygen atoms in total. The molecule has 2 rings (SSSR count). The van der Waals surface area contributed by atoms with Crippen molar-refractivity contribution >= 4 is 23.5 Å². The fraction of sp³-hybridized carbons (Fsp3) is 0.250. The van der Waals surface area contributed by atoms with Gasteiger partial charge in [0.25, 0.3) is 0 Å². The van der Waals surface area contributed by atoms with E-state index in [0.29, 0.717) is 18.3 Å². The topological polar surface area (TPSA) is 59.8 Å². The lowest BCUT2D eigenvalue weighted by molar-refractivity contribution is -0.114. The van der Waals surface area contributed by atoms with Gasteiger partial charge in [-0.25, -0.2) is 4.68 Å². The standard InChI is InChI=1S/C12H13ClN4O/c1-2-17-12(14-10(18)8-13)15-11(16-17)9-6-4-3-5-7-9/h3-7H,2,8H2,1H3,(H,14,15,16,18). The van der Waals surface area contributed by atoms with Crippen molar-refractivity contribution in [3.63, 3.8) is 0 Å². The Morgan fingerprint density at radius 3 is 2.72 bits per heavy atom. The van der Waals surface area contributed by atoms with Crippen LogP contribution in [0, 0.1) is 0 Å². The molecule has 18 heavy (non-hydrogen) atoms. The number of hydrogen-bond donors (Lipinski definition) is 1. The number of nitrogens with one attached hydrogen (secondary N) is 1. The summed E-state index contributed by atoms with van der Waals surface area (Å²) in [4.78, 5) is 15.6. The number of aryl methyl sites for hydroxylation is 1. The second-order valence-corrected chi connectivity index (χ2v) is 3.89. The highest BCUT2D eigenvalue weighted by Gasteiger charge is 2.12. The molecule has 0 radical (unpaired) electrons. The molecule has 0 aliphatic rings. The lowest BCUT2D eigenvalue weighted by Gasteiger charge is -2.01. The minimum atomic E-state index is -0.293. The highest BCUT2D eigenvalue weighted by atomic mass is 35.5. The number of nitrogens with zero attached hydrogens (tertiary/aromatic N) is 3. The number of hydrogen-bond acceptors (Lipinski definition) is 3. The Kier molecular flexibility index (Phi) is 3.94. The Hall–Kier alpha value is -1.88. The largest absolute Gasteiger partial charge is 0.294 e. The quantitative estimate of drug-likeness (QED) is 0.861. The zero-order valence-corrected chi connectivity index (χ0v) is 10.7. The number of alkyl halides is 1. The van der Waals surface area contributed by atoms with Crippen LogP contribution in [0.15, 0.2) is 30.3 Å². The van der Waals surface area contributed by atoms with Crippen LogP contribution in [0.2, 0.25) is 0 Å². The van der Waals surface area contributed by atoms with Crippen LogP contribution in [-0.2, 0) is 11.3 Å². The summed E-state index contributed by atoms with van der Waals surface area (Å²) in [6.45, 7) is 2.55. The molecule has 1 aromatic heterocycles. The molecule has 0 fully saturated rings. The van der Waals surface area contributed by atoms with Crippen LogP contribution >= 0.6 is 11.6 Å². The SMILES string of the molecule is CCn1nc(-c2ccccc2)nc1NC(=O)CCl. The van der Waals surface area contributed by atoms with Crippen LogP contribution in [-0.4, -0.2) is 26.6 Å². The van der Waals surface area contributed by atoms with Gasteiger partial charge in [0.15, 0.2) is 5.82 Å². The number of benzene rings is 1. The van der Waals surface area contributed by atoms with E-state index in [1.54, 1.807) is 4.68 Å². The summed E-state index contributed by atoms with van der Waals surface area (Å²) in [6, 6.07) is 9.60. The van der Waals surface area contributed by atoms with Crippen molar-refractivity contribution in [2.24, 2.45) is 0 Å². The number of carbonyl (C=O) groups excluding carboxylic acids is 1. The molecule has 0 aliphatic carbocycles. The maximum Gasteiger partial charge on any atom is 0.241 e. The fourth-order valence-corrected chi connectivity index (χ4v) is 1.59. The van der Waals surface area contributed by atoms with E-state index in [9.17, 15) is 4.79 Å². The Bertz CT molecular complexity index is 538. The summed E-state index contributed by atoms with van der Waals surface area (Å²) in [5.74, 6) is 0.611. The van der Waals surface area contributed by atoms with Gasteiger partial charge in [-0.2, -0.15) is 4.98 Å². The maximum atomic E-state index is 11.3. The van der Waals surface area contributed by atoms with E-state index in [0.717, 1.165) is 5.56 Å². The van der Waals surface area contributed by atoms with Crippen LogP contribution in [0.4, 0.5) is 5.95 Å². The summed E-state index contributed by atoms with van der Waals surface area (Å²) in [5.41, 5.74) is 0.908. The third-order valence-corrected chi connectivity index (χ3v) is 2.62. The molecule has 1 heterocycles. The van der Waals surface area contributed by atoms with Gasteiger partial charge in [0.05, 0.1) is 0 Å². The maximum absolute atomic E-state index is 11.3. The van der Waals surface area contributed by atoms with Crippen LogP contribution in [0.25, 0.3) is 11.4 Å². The minimum absolute atomic E-state index is 0.1000. The summed E-state index contributed by atoms with van der Waals surface area (Å²) < 4.78 is 1.63. The third kappa shape index (κ3) is 2.68. The molecular weight excluding hydrogens is 252 g/mol. The normalized spacial score (nSPS) is 10.3. The first-order chi connectivity index (χ1) is 8.74. The van der Waals surface area contributed by atoms with Crippen molar-refractivity contribution in [2.75, 3.05) is 11.2 Å². The van der Waals surface area contributed by atoms with E-state index >= 15 is 0 Å². The van der Waals surface area contributed by atoms with Gasteiger partial charge < -0.3 is 0 Å². The summed E-state index contributed by atoms with van der Waals surface area (Å²) >= 11 is 5.45. The van der Waals surface area contributed by atoms with Crippen molar-refractivity contribution in [1.29, 1.82) is 0 Å². The smallest absolute Gasteiger partial charge is 0.241 e. The van der Waals surface area contributed by atoms with E-state index in [-0.39, 0.29) is 11.8 Å². The third-order valence-electron chi connectivity index (χ3n) is 2.38. The van der Waals surface area contributed by atoms with Gasteiger partial charge >= 0.3 is 0 Å². The Morgan fingerprint density at radius 1 is 1.39 bits per heavy atom. The minimum Gasteiger partial charge on any atom is -0.294 e. The van der Waals surface area contributed by atoms with Crippen LogP contribution < -0.4 is 5.32 Å². The van der Waals surface area contributed by atoms with Gasteiger partial charge in [0, 0.05) is 12.1 Å². The van der Waals surface area contributed by atoms with Crippen molar-refractivity contribution in [1.82, 2.24) is 14.8 Å². The number of aromatic nitrogens is 3. The highest BCUT2D eigenvalue weighted by molar-refractivity contribution is 6.28. The molecule has 1 aromatic carbocycles. The second-order valence-electron chi connectivity index (χ2n) is 3.62. The second kappa shape index (κ2) is 5.64. The van der Waals surface area contributed by atoms with E-state index in [1.807, 2.05) is 37.3 Å². The molecular formula is C12H13ClN4O. The predicted molar refractivity (Wildman–Crippen MR) is 70.5 cm³/mol.